The second-order valence-electron chi connectivity index (χ2n) is 6.77. The molecule has 0 aliphatic heterocycles. The number of nitrogens with one attached hydrogen (secondary N) is 2. The summed E-state index contributed by atoms with van der Waals surface area (Å²) in [6.07, 6.45) is -4.05. The van der Waals surface area contributed by atoms with Crippen LogP contribution >= 0.6 is 11.6 Å². The van der Waals surface area contributed by atoms with E-state index in [1.54, 1.807) is 6.92 Å². The van der Waals surface area contributed by atoms with Gasteiger partial charge in [0.25, 0.3) is 11.8 Å². The van der Waals surface area contributed by atoms with Gasteiger partial charge in [0.1, 0.15) is 5.82 Å². The van der Waals surface area contributed by atoms with E-state index in [-0.39, 0.29) is 29.4 Å². The number of aryl methyl sites for hydroxylation is 1. The summed E-state index contributed by atoms with van der Waals surface area (Å²) in [7, 11) is 0. The van der Waals surface area contributed by atoms with Crippen molar-refractivity contribution in [2.45, 2.75) is 13.1 Å². The Morgan fingerprint density at radius 3 is 2.38 bits per heavy atom. The van der Waals surface area contributed by atoms with Gasteiger partial charge in [-0.3, -0.25) is 9.59 Å². The second-order valence-corrected chi connectivity index (χ2v) is 7.21. The number of hydrogen-bond acceptors (Lipinski definition) is 3. The standard InChI is InChI=1S/C21H17ClF4N4O2/c1-12-5-6-13(9-17(12)23)19(31)27-7-8-28-20(32)16-11-29-30(18(16)21(24,25)26)15-4-2-3-14(22)10-15/h2-6,9-11H,7-8H2,1H3,(H,27,31)(H,28,32). The number of hydrogen-bond donors (Lipinski definition) is 2. The third kappa shape index (κ3) is 5.25. The van der Waals surface area contributed by atoms with Gasteiger partial charge in [0.2, 0.25) is 0 Å². The summed E-state index contributed by atoms with van der Waals surface area (Å²) in [5.74, 6) is -2.13. The lowest BCUT2D eigenvalue weighted by Gasteiger charge is -2.13. The smallest absolute Gasteiger partial charge is 0.350 e. The molecular formula is C21H17ClF4N4O2. The van der Waals surface area contributed by atoms with Gasteiger partial charge >= 0.3 is 6.18 Å². The quantitative estimate of drug-likeness (QED) is 0.421. The predicted octanol–water partition coefficient (Wildman–Crippen LogP) is 4.15. The third-order valence-electron chi connectivity index (χ3n) is 4.47. The molecule has 0 spiro atoms. The minimum absolute atomic E-state index is 0.0430. The predicted molar refractivity (Wildman–Crippen MR) is 109 cm³/mol. The molecule has 0 saturated carbocycles. The zero-order valence-electron chi connectivity index (χ0n) is 16.6. The van der Waals surface area contributed by atoms with Crippen molar-refractivity contribution in [1.82, 2.24) is 20.4 Å². The second kappa shape index (κ2) is 9.39. The van der Waals surface area contributed by atoms with Gasteiger partial charge in [-0.2, -0.15) is 18.3 Å². The number of alkyl halides is 3. The monoisotopic (exact) mass is 468 g/mol. The molecular weight excluding hydrogens is 452 g/mol. The molecule has 168 valence electrons. The van der Waals surface area contributed by atoms with Crippen molar-refractivity contribution in [1.29, 1.82) is 0 Å². The molecule has 1 heterocycles. The van der Waals surface area contributed by atoms with Gasteiger partial charge in [-0.25, -0.2) is 9.07 Å². The van der Waals surface area contributed by atoms with E-state index in [2.05, 4.69) is 15.7 Å². The van der Waals surface area contributed by atoms with Crippen molar-refractivity contribution in [3.8, 4) is 5.69 Å². The van der Waals surface area contributed by atoms with Crippen LogP contribution in [-0.2, 0) is 6.18 Å². The summed E-state index contributed by atoms with van der Waals surface area (Å²) >= 11 is 5.84. The zero-order chi connectivity index (χ0) is 23.5. The van der Waals surface area contributed by atoms with Crippen LogP contribution in [0.3, 0.4) is 0 Å². The van der Waals surface area contributed by atoms with Crippen molar-refractivity contribution in [2.24, 2.45) is 0 Å². The van der Waals surface area contributed by atoms with Crippen LogP contribution in [0.4, 0.5) is 17.6 Å². The summed E-state index contributed by atoms with van der Waals surface area (Å²) in [6.45, 7) is 1.32. The van der Waals surface area contributed by atoms with E-state index < -0.39 is 35.1 Å². The van der Waals surface area contributed by atoms with E-state index in [0.717, 1.165) is 12.3 Å². The summed E-state index contributed by atoms with van der Waals surface area (Å²) in [5.41, 5.74) is -1.42. The first-order valence-corrected chi connectivity index (χ1v) is 9.69. The van der Waals surface area contributed by atoms with Gasteiger partial charge in [-0.05, 0) is 42.8 Å². The zero-order valence-corrected chi connectivity index (χ0v) is 17.4. The average Bonchev–Trinajstić information content (AvgIpc) is 3.19. The van der Waals surface area contributed by atoms with E-state index in [4.69, 9.17) is 11.6 Å². The summed E-state index contributed by atoms with van der Waals surface area (Å²) in [5, 5.41) is 8.67. The van der Waals surface area contributed by atoms with Crippen molar-refractivity contribution >= 4 is 23.4 Å². The third-order valence-corrected chi connectivity index (χ3v) is 4.70. The molecule has 0 unspecified atom stereocenters. The SMILES string of the molecule is Cc1ccc(C(=O)NCCNC(=O)c2cnn(-c3cccc(Cl)c3)c2C(F)(F)F)cc1F. The Kier molecular flexibility index (Phi) is 6.83. The van der Waals surface area contributed by atoms with Crippen LogP contribution in [0, 0.1) is 12.7 Å². The minimum Gasteiger partial charge on any atom is -0.350 e. The lowest BCUT2D eigenvalue weighted by Crippen LogP contribution is -2.35. The maximum atomic E-state index is 13.7. The van der Waals surface area contributed by atoms with Crippen molar-refractivity contribution in [3.05, 3.63) is 81.9 Å². The largest absolute Gasteiger partial charge is 0.434 e. The highest BCUT2D eigenvalue weighted by Gasteiger charge is 2.40. The Bertz CT molecular complexity index is 1160. The molecule has 0 radical (unpaired) electrons. The highest BCUT2D eigenvalue weighted by atomic mass is 35.5. The number of carbonyl (C=O) groups is 2. The highest BCUT2D eigenvalue weighted by Crippen LogP contribution is 2.34. The maximum Gasteiger partial charge on any atom is 0.434 e. The maximum absolute atomic E-state index is 13.7. The van der Waals surface area contributed by atoms with Gasteiger partial charge in [-0.15, -0.1) is 0 Å². The topological polar surface area (TPSA) is 76.0 Å². The van der Waals surface area contributed by atoms with Gasteiger partial charge in [0.15, 0.2) is 5.69 Å². The first kappa shape index (κ1) is 23.3. The molecule has 0 saturated heterocycles. The Morgan fingerprint density at radius 1 is 1.06 bits per heavy atom. The van der Waals surface area contributed by atoms with Crippen molar-refractivity contribution in [3.63, 3.8) is 0 Å². The molecule has 0 bridgehead atoms. The first-order valence-electron chi connectivity index (χ1n) is 9.31. The molecule has 3 rings (SSSR count). The fraction of sp³-hybridized carbons (Fsp3) is 0.190. The summed E-state index contributed by atoms with van der Waals surface area (Å²) in [4.78, 5) is 24.4. The number of amides is 2. The molecule has 1 aromatic heterocycles. The fourth-order valence-electron chi connectivity index (χ4n) is 2.87. The first-order chi connectivity index (χ1) is 15.1. The molecule has 0 aliphatic rings. The fourth-order valence-corrected chi connectivity index (χ4v) is 3.06. The van der Waals surface area contributed by atoms with Gasteiger partial charge < -0.3 is 10.6 Å². The molecule has 6 nitrogen and oxygen atoms in total. The Labute approximate surface area is 185 Å². The lowest BCUT2D eigenvalue weighted by atomic mass is 10.1. The Balaban J connectivity index is 1.67. The van der Waals surface area contributed by atoms with Crippen LogP contribution in [0.15, 0.2) is 48.7 Å². The van der Waals surface area contributed by atoms with Gasteiger partial charge in [0, 0.05) is 23.7 Å². The highest BCUT2D eigenvalue weighted by molar-refractivity contribution is 6.30. The van der Waals surface area contributed by atoms with Crippen LogP contribution in [0.5, 0.6) is 0 Å². The molecule has 0 atom stereocenters. The van der Waals surface area contributed by atoms with E-state index >= 15 is 0 Å². The summed E-state index contributed by atoms with van der Waals surface area (Å²) in [6, 6.07) is 9.57. The van der Waals surface area contributed by atoms with Crippen molar-refractivity contribution in [2.75, 3.05) is 13.1 Å². The molecule has 11 heteroatoms. The van der Waals surface area contributed by atoms with E-state index in [9.17, 15) is 27.2 Å². The number of carbonyl (C=O) groups excluding carboxylic acids is 2. The number of rotatable bonds is 6. The van der Waals surface area contributed by atoms with Crippen LogP contribution in [0.1, 0.15) is 32.0 Å². The molecule has 32 heavy (non-hydrogen) atoms. The van der Waals surface area contributed by atoms with E-state index in [1.807, 2.05) is 0 Å². The number of aromatic nitrogens is 2. The van der Waals surface area contributed by atoms with Crippen LogP contribution in [0.2, 0.25) is 5.02 Å². The van der Waals surface area contributed by atoms with Gasteiger partial charge in [-0.1, -0.05) is 23.7 Å². The number of benzene rings is 2. The van der Waals surface area contributed by atoms with E-state index in [1.165, 1.54) is 36.4 Å². The van der Waals surface area contributed by atoms with Crippen LogP contribution in [-0.4, -0.2) is 34.7 Å². The van der Waals surface area contributed by atoms with Crippen LogP contribution in [0.25, 0.3) is 5.69 Å². The van der Waals surface area contributed by atoms with Crippen molar-refractivity contribution < 1.29 is 27.2 Å². The summed E-state index contributed by atoms with van der Waals surface area (Å²) < 4.78 is 55.2. The molecule has 3 aromatic rings. The Hall–Kier alpha value is -3.40. The Morgan fingerprint density at radius 2 is 1.75 bits per heavy atom. The van der Waals surface area contributed by atoms with E-state index in [0.29, 0.717) is 10.2 Å². The molecule has 2 aromatic carbocycles. The average molecular weight is 469 g/mol. The minimum atomic E-state index is -4.87. The lowest BCUT2D eigenvalue weighted by molar-refractivity contribution is -0.143. The molecule has 0 aliphatic carbocycles. The molecule has 2 amide bonds. The number of nitrogens with zero attached hydrogens (tertiary/aromatic N) is 2. The molecule has 2 N–H and O–H groups in total. The van der Waals surface area contributed by atoms with Crippen LogP contribution < -0.4 is 10.6 Å². The van der Waals surface area contributed by atoms with Gasteiger partial charge in [0.05, 0.1) is 17.4 Å². The molecule has 0 fully saturated rings. The number of halogens is 5. The normalized spacial score (nSPS) is 11.3.